The number of nitrogens with zero attached hydrogens (tertiary/aromatic N) is 3. The third-order valence-corrected chi connectivity index (χ3v) is 4.89. The van der Waals surface area contributed by atoms with Crippen LogP contribution in [-0.4, -0.2) is 35.9 Å². The summed E-state index contributed by atoms with van der Waals surface area (Å²) in [5, 5.41) is 14.2. The molecule has 94 valence electrons. The van der Waals surface area contributed by atoms with E-state index in [2.05, 4.69) is 20.4 Å². The van der Waals surface area contributed by atoms with E-state index < -0.39 is 0 Å². The normalized spacial score (nSPS) is 26.6. The molecule has 2 aliphatic heterocycles. The molecule has 1 N–H and O–H groups in total. The molecule has 1 aromatic heterocycles. The zero-order chi connectivity index (χ0) is 11.7. The zero-order valence-electron chi connectivity index (χ0n) is 10.4. The molecule has 17 heavy (non-hydrogen) atoms. The topological polar surface area (TPSA) is 41.1 Å². The molecule has 0 amide bonds. The number of aromatic nitrogens is 2. The van der Waals surface area contributed by atoms with Crippen LogP contribution in [0.5, 0.6) is 0 Å². The van der Waals surface area contributed by atoms with Gasteiger partial charge in [0.2, 0.25) is 5.13 Å². The van der Waals surface area contributed by atoms with E-state index in [0.717, 1.165) is 35.2 Å². The third-order valence-electron chi connectivity index (χ3n) is 3.99. The van der Waals surface area contributed by atoms with Crippen LogP contribution in [0.4, 0.5) is 5.13 Å². The van der Waals surface area contributed by atoms with Gasteiger partial charge in [0.15, 0.2) is 0 Å². The molecule has 0 saturated carbocycles. The Labute approximate surface area is 106 Å². The summed E-state index contributed by atoms with van der Waals surface area (Å²) in [5.74, 6) is 0.878. The number of rotatable bonds is 2. The average molecular weight is 252 g/mol. The highest BCUT2D eigenvalue weighted by molar-refractivity contribution is 7.15. The fraction of sp³-hybridized carbons (Fsp3) is 0.833. The second-order valence-electron chi connectivity index (χ2n) is 5.13. The van der Waals surface area contributed by atoms with E-state index in [-0.39, 0.29) is 0 Å². The van der Waals surface area contributed by atoms with E-state index in [1.54, 1.807) is 11.3 Å². The first-order valence-electron chi connectivity index (χ1n) is 6.61. The maximum Gasteiger partial charge on any atom is 0.208 e. The van der Waals surface area contributed by atoms with Crippen molar-refractivity contribution in [3.8, 4) is 0 Å². The molecule has 0 radical (unpaired) electrons. The highest BCUT2D eigenvalue weighted by atomic mass is 32.1. The lowest BCUT2D eigenvalue weighted by atomic mass is 9.89. The SMILES string of the molecule is Cc1nnc(N2CCC(C3CCCN3)CC2)s1. The number of hydrogen-bond donors (Lipinski definition) is 1. The first-order valence-corrected chi connectivity index (χ1v) is 7.43. The van der Waals surface area contributed by atoms with Crippen molar-refractivity contribution >= 4 is 16.5 Å². The zero-order valence-corrected chi connectivity index (χ0v) is 11.2. The van der Waals surface area contributed by atoms with Crippen molar-refractivity contribution in [3.63, 3.8) is 0 Å². The first-order chi connectivity index (χ1) is 8.33. The average Bonchev–Trinajstić information content (AvgIpc) is 3.00. The quantitative estimate of drug-likeness (QED) is 0.871. The van der Waals surface area contributed by atoms with Gasteiger partial charge >= 0.3 is 0 Å². The lowest BCUT2D eigenvalue weighted by Crippen LogP contribution is -2.40. The summed E-state index contributed by atoms with van der Waals surface area (Å²) in [6.45, 7) is 5.55. The van der Waals surface area contributed by atoms with Gasteiger partial charge in [-0.1, -0.05) is 11.3 Å². The third kappa shape index (κ3) is 2.45. The summed E-state index contributed by atoms with van der Waals surface area (Å²) in [7, 11) is 0. The second-order valence-corrected chi connectivity index (χ2v) is 6.29. The molecule has 2 aliphatic rings. The van der Waals surface area contributed by atoms with E-state index >= 15 is 0 Å². The standard InChI is InChI=1S/C12H20N4S/c1-9-14-15-12(17-9)16-7-4-10(5-8-16)11-3-2-6-13-11/h10-11,13H,2-8H2,1H3. The van der Waals surface area contributed by atoms with Crippen LogP contribution < -0.4 is 10.2 Å². The molecule has 2 fully saturated rings. The molecule has 3 heterocycles. The van der Waals surface area contributed by atoms with Gasteiger partial charge in [0, 0.05) is 19.1 Å². The van der Waals surface area contributed by atoms with Gasteiger partial charge in [-0.15, -0.1) is 10.2 Å². The number of hydrogen-bond acceptors (Lipinski definition) is 5. The molecule has 0 aromatic carbocycles. The lowest BCUT2D eigenvalue weighted by Gasteiger charge is -2.34. The maximum atomic E-state index is 4.24. The Bertz CT molecular complexity index is 364. The number of anilines is 1. The van der Waals surface area contributed by atoms with E-state index in [1.165, 1.54) is 32.2 Å². The van der Waals surface area contributed by atoms with Crippen molar-refractivity contribution in [2.24, 2.45) is 5.92 Å². The van der Waals surface area contributed by atoms with Gasteiger partial charge in [-0.3, -0.25) is 0 Å². The van der Waals surface area contributed by atoms with Crippen LogP contribution >= 0.6 is 11.3 Å². The smallest absolute Gasteiger partial charge is 0.208 e. The second kappa shape index (κ2) is 4.90. The van der Waals surface area contributed by atoms with Gasteiger partial charge in [-0.05, 0) is 45.1 Å². The molecule has 0 bridgehead atoms. The summed E-state index contributed by atoms with van der Waals surface area (Å²) in [6, 6.07) is 0.785. The molecule has 1 aromatic rings. The van der Waals surface area contributed by atoms with Crippen molar-refractivity contribution in [2.75, 3.05) is 24.5 Å². The Balaban J connectivity index is 1.56. The van der Waals surface area contributed by atoms with E-state index in [9.17, 15) is 0 Å². The number of piperidine rings is 1. The minimum atomic E-state index is 0.785. The van der Waals surface area contributed by atoms with Gasteiger partial charge < -0.3 is 10.2 Å². The molecular formula is C12H20N4S. The Morgan fingerprint density at radius 1 is 1.24 bits per heavy atom. The predicted molar refractivity (Wildman–Crippen MR) is 70.6 cm³/mol. The Hall–Kier alpha value is -0.680. The lowest BCUT2D eigenvalue weighted by molar-refractivity contribution is 0.319. The fourth-order valence-electron chi connectivity index (χ4n) is 3.02. The van der Waals surface area contributed by atoms with Gasteiger partial charge in [0.25, 0.3) is 0 Å². The highest BCUT2D eigenvalue weighted by Crippen LogP contribution is 2.29. The summed E-state index contributed by atoms with van der Waals surface area (Å²) in [4.78, 5) is 2.40. The highest BCUT2D eigenvalue weighted by Gasteiger charge is 2.29. The van der Waals surface area contributed by atoms with Crippen LogP contribution in [-0.2, 0) is 0 Å². The van der Waals surface area contributed by atoms with Crippen molar-refractivity contribution in [3.05, 3.63) is 5.01 Å². The van der Waals surface area contributed by atoms with Crippen molar-refractivity contribution < 1.29 is 0 Å². The van der Waals surface area contributed by atoms with Crippen LogP contribution in [0.15, 0.2) is 0 Å². The van der Waals surface area contributed by atoms with Crippen molar-refractivity contribution in [1.29, 1.82) is 0 Å². The fourth-order valence-corrected chi connectivity index (χ4v) is 3.76. The molecule has 4 nitrogen and oxygen atoms in total. The Morgan fingerprint density at radius 2 is 2.06 bits per heavy atom. The predicted octanol–water partition coefficient (Wildman–Crippen LogP) is 1.81. The van der Waals surface area contributed by atoms with Crippen LogP contribution in [0, 0.1) is 12.8 Å². The summed E-state index contributed by atoms with van der Waals surface area (Å²) >= 11 is 1.72. The van der Waals surface area contributed by atoms with Gasteiger partial charge in [0.05, 0.1) is 0 Å². The van der Waals surface area contributed by atoms with E-state index in [1.807, 2.05) is 6.92 Å². The molecule has 1 unspecified atom stereocenters. The van der Waals surface area contributed by atoms with E-state index in [0.29, 0.717) is 0 Å². The van der Waals surface area contributed by atoms with Gasteiger partial charge in [-0.25, -0.2) is 0 Å². The molecule has 3 rings (SSSR count). The van der Waals surface area contributed by atoms with E-state index in [4.69, 9.17) is 0 Å². The molecular weight excluding hydrogens is 232 g/mol. The maximum absolute atomic E-state index is 4.24. The van der Waals surface area contributed by atoms with Crippen molar-refractivity contribution in [1.82, 2.24) is 15.5 Å². The summed E-state index contributed by atoms with van der Waals surface area (Å²) in [6.07, 6.45) is 5.34. The number of aryl methyl sites for hydroxylation is 1. The summed E-state index contributed by atoms with van der Waals surface area (Å²) in [5.41, 5.74) is 0. The largest absolute Gasteiger partial charge is 0.347 e. The van der Waals surface area contributed by atoms with Crippen LogP contribution in [0.3, 0.4) is 0 Å². The Kier molecular flexibility index (Phi) is 3.29. The monoisotopic (exact) mass is 252 g/mol. The van der Waals surface area contributed by atoms with Crippen molar-refractivity contribution in [2.45, 2.75) is 38.6 Å². The van der Waals surface area contributed by atoms with Gasteiger partial charge in [0.1, 0.15) is 5.01 Å². The minimum Gasteiger partial charge on any atom is -0.347 e. The molecule has 2 saturated heterocycles. The molecule has 0 spiro atoms. The molecule has 0 aliphatic carbocycles. The van der Waals surface area contributed by atoms with Crippen LogP contribution in [0.2, 0.25) is 0 Å². The number of nitrogens with one attached hydrogen (secondary N) is 1. The minimum absolute atomic E-state index is 0.785. The summed E-state index contributed by atoms with van der Waals surface area (Å²) < 4.78 is 0. The molecule has 5 heteroatoms. The van der Waals surface area contributed by atoms with Crippen LogP contribution in [0.25, 0.3) is 0 Å². The van der Waals surface area contributed by atoms with Gasteiger partial charge in [-0.2, -0.15) is 0 Å². The molecule has 1 atom stereocenters. The first kappa shape index (κ1) is 11.4. The Morgan fingerprint density at radius 3 is 2.65 bits per heavy atom. The van der Waals surface area contributed by atoms with Crippen LogP contribution in [0.1, 0.15) is 30.7 Å².